The maximum atomic E-state index is 12.3. The van der Waals surface area contributed by atoms with Gasteiger partial charge in [0.2, 0.25) is 0 Å². The number of rotatable bonds is 5. The van der Waals surface area contributed by atoms with Crippen LogP contribution < -0.4 is 5.56 Å². The summed E-state index contributed by atoms with van der Waals surface area (Å²) in [4.78, 5) is 21.8. The van der Waals surface area contributed by atoms with Gasteiger partial charge in [0.25, 0.3) is 5.56 Å². The molecule has 0 amide bonds. The predicted octanol–water partition coefficient (Wildman–Crippen LogP) is 1.73. The zero-order valence-corrected chi connectivity index (χ0v) is 17.7. The molecule has 0 spiro atoms. The third-order valence-corrected chi connectivity index (χ3v) is 7.29. The van der Waals surface area contributed by atoms with Crippen LogP contribution in [0.2, 0.25) is 0 Å². The van der Waals surface area contributed by atoms with E-state index in [2.05, 4.69) is 20.0 Å². The number of fused-ring (bicyclic) bond motifs is 1. The van der Waals surface area contributed by atoms with E-state index in [1.54, 1.807) is 6.07 Å². The Morgan fingerprint density at radius 1 is 1.24 bits per heavy atom. The van der Waals surface area contributed by atoms with Crippen LogP contribution in [0, 0.1) is 13.8 Å². The maximum absolute atomic E-state index is 12.3. The third kappa shape index (κ3) is 3.97. The van der Waals surface area contributed by atoms with E-state index in [-0.39, 0.29) is 23.1 Å². The number of H-pyrrole nitrogens is 1. The minimum atomic E-state index is -2.96. The molecule has 0 radical (unpaired) electrons. The van der Waals surface area contributed by atoms with Crippen LogP contribution in [0.15, 0.2) is 29.1 Å². The lowest BCUT2D eigenvalue weighted by atomic mass is 10.1. The van der Waals surface area contributed by atoms with E-state index in [4.69, 9.17) is 0 Å². The SMILES string of the molecule is Cc1nn([C@H]2CCS(=O)(=O)C2)c(C)c1CN(C)Cc1nc2ccccc2c(=O)[nH]1. The Morgan fingerprint density at radius 3 is 2.72 bits per heavy atom. The largest absolute Gasteiger partial charge is 0.309 e. The Labute approximate surface area is 169 Å². The van der Waals surface area contributed by atoms with Crippen LogP contribution in [0.3, 0.4) is 0 Å². The van der Waals surface area contributed by atoms with Crippen molar-refractivity contribution in [2.75, 3.05) is 18.6 Å². The molecule has 0 saturated carbocycles. The van der Waals surface area contributed by atoms with E-state index in [1.165, 1.54) is 0 Å². The van der Waals surface area contributed by atoms with E-state index in [9.17, 15) is 13.2 Å². The van der Waals surface area contributed by atoms with Crippen LogP contribution in [0.4, 0.5) is 0 Å². The molecule has 29 heavy (non-hydrogen) atoms. The molecule has 0 unspecified atom stereocenters. The first-order chi connectivity index (χ1) is 13.7. The molecule has 8 nitrogen and oxygen atoms in total. The van der Waals surface area contributed by atoms with Crippen molar-refractivity contribution in [3.05, 3.63) is 57.4 Å². The summed E-state index contributed by atoms with van der Waals surface area (Å²) < 4.78 is 25.5. The fourth-order valence-electron chi connectivity index (χ4n) is 4.04. The highest BCUT2D eigenvalue weighted by Gasteiger charge is 2.31. The Hall–Kier alpha value is -2.52. The first kappa shape index (κ1) is 19.8. The molecular formula is C20H25N5O3S. The Kier molecular flexibility index (Phi) is 5.04. The second kappa shape index (κ2) is 7.38. The Bertz CT molecular complexity index is 1230. The number of aromatic nitrogens is 4. The van der Waals surface area contributed by atoms with Gasteiger partial charge in [0, 0.05) is 17.8 Å². The van der Waals surface area contributed by atoms with E-state index >= 15 is 0 Å². The van der Waals surface area contributed by atoms with Gasteiger partial charge in [-0.15, -0.1) is 0 Å². The molecule has 9 heteroatoms. The first-order valence-corrected chi connectivity index (χ1v) is 11.5. The van der Waals surface area contributed by atoms with Crippen molar-refractivity contribution in [3.63, 3.8) is 0 Å². The van der Waals surface area contributed by atoms with Crippen LogP contribution >= 0.6 is 0 Å². The van der Waals surface area contributed by atoms with Gasteiger partial charge in [-0.25, -0.2) is 13.4 Å². The molecule has 154 valence electrons. The Morgan fingerprint density at radius 2 is 2.00 bits per heavy atom. The van der Waals surface area contributed by atoms with Gasteiger partial charge in [-0.3, -0.25) is 14.4 Å². The summed E-state index contributed by atoms with van der Waals surface area (Å²) >= 11 is 0. The average Bonchev–Trinajstić information content (AvgIpc) is 3.15. The number of hydrogen-bond donors (Lipinski definition) is 1. The molecule has 1 saturated heterocycles. The van der Waals surface area contributed by atoms with Crippen LogP contribution in [0.1, 0.15) is 35.2 Å². The number of nitrogens with zero attached hydrogens (tertiary/aromatic N) is 4. The zero-order valence-electron chi connectivity index (χ0n) is 16.8. The molecule has 0 aliphatic carbocycles. The van der Waals surface area contributed by atoms with E-state index < -0.39 is 9.84 Å². The third-order valence-electron chi connectivity index (χ3n) is 5.54. The molecule has 1 aliphatic rings. The van der Waals surface area contributed by atoms with Crippen molar-refractivity contribution in [3.8, 4) is 0 Å². The number of aromatic amines is 1. The van der Waals surface area contributed by atoms with Gasteiger partial charge < -0.3 is 4.98 Å². The highest BCUT2D eigenvalue weighted by Crippen LogP contribution is 2.27. The van der Waals surface area contributed by atoms with Gasteiger partial charge in [0.15, 0.2) is 9.84 Å². The fourth-order valence-corrected chi connectivity index (χ4v) is 5.73. The average molecular weight is 416 g/mol. The Balaban J connectivity index is 1.53. The lowest BCUT2D eigenvalue weighted by Crippen LogP contribution is -2.22. The topological polar surface area (TPSA) is 101 Å². The van der Waals surface area contributed by atoms with Crippen molar-refractivity contribution in [2.45, 2.75) is 39.4 Å². The standard InChI is InChI=1S/C20H25N5O3S/c1-13-17(14(2)25(23-13)15-8-9-29(27,28)12-15)10-24(3)11-19-21-18-7-5-4-6-16(18)20(26)22-19/h4-7,15H,8-12H2,1-3H3,(H,21,22,26)/t15-/m0/s1. The monoisotopic (exact) mass is 415 g/mol. The summed E-state index contributed by atoms with van der Waals surface area (Å²) in [6.07, 6.45) is 0.613. The van der Waals surface area contributed by atoms with Crippen LogP contribution in [-0.4, -0.2) is 51.6 Å². The van der Waals surface area contributed by atoms with Crippen molar-refractivity contribution in [2.24, 2.45) is 0 Å². The molecule has 1 atom stereocenters. The van der Waals surface area contributed by atoms with Crippen LogP contribution in [0.25, 0.3) is 10.9 Å². The zero-order chi connectivity index (χ0) is 20.8. The van der Waals surface area contributed by atoms with E-state index in [1.807, 2.05) is 43.8 Å². The van der Waals surface area contributed by atoms with Gasteiger partial charge in [0.1, 0.15) is 5.82 Å². The molecule has 3 aromatic rings. The number of sulfone groups is 1. The molecule has 1 N–H and O–H groups in total. The van der Waals surface area contributed by atoms with Crippen molar-refractivity contribution in [1.29, 1.82) is 0 Å². The molecule has 2 aromatic heterocycles. The molecular weight excluding hydrogens is 390 g/mol. The minimum Gasteiger partial charge on any atom is -0.309 e. The number of benzene rings is 1. The lowest BCUT2D eigenvalue weighted by Gasteiger charge is -2.17. The quantitative estimate of drug-likeness (QED) is 0.681. The molecule has 1 aliphatic heterocycles. The summed E-state index contributed by atoms with van der Waals surface area (Å²) in [6.45, 7) is 5.06. The summed E-state index contributed by atoms with van der Waals surface area (Å²) in [5.74, 6) is 0.999. The summed E-state index contributed by atoms with van der Waals surface area (Å²) in [7, 11) is -0.999. The molecule has 0 bridgehead atoms. The fraction of sp³-hybridized carbons (Fsp3) is 0.450. The van der Waals surface area contributed by atoms with E-state index in [0.717, 1.165) is 17.0 Å². The normalized spacial score (nSPS) is 18.7. The van der Waals surface area contributed by atoms with Gasteiger partial charge in [-0.05, 0) is 39.4 Å². The smallest absolute Gasteiger partial charge is 0.258 e. The number of aryl methyl sites for hydroxylation is 1. The summed E-state index contributed by atoms with van der Waals surface area (Å²) in [6, 6.07) is 7.20. The van der Waals surface area contributed by atoms with Gasteiger partial charge >= 0.3 is 0 Å². The lowest BCUT2D eigenvalue weighted by molar-refractivity contribution is 0.309. The van der Waals surface area contributed by atoms with Gasteiger partial charge in [-0.2, -0.15) is 5.10 Å². The molecule has 1 fully saturated rings. The van der Waals surface area contributed by atoms with Crippen LogP contribution in [0.5, 0.6) is 0 Å². The second-order valence-electron chi connectivity index (χ2n) is 7.85. The van der Waals surface area contributed by atoms with Crippen molar-refractivity contribution in [1.82, 2.24) is 24.6 Å². The van der Waals surface area contributed by atoms with Gasteiger partial charge in [-0.1, -0.05) is 12.1 Å². The van der Waals surface area contributed by atoms with Crippen molar-refractivity contribution < 1.29 is 8.42 Å². The number of hydrogen-bond acceptors (Lipinski definition) is 6. The molecule has 1 aromatic carbocycles. The molecule has 3 heterocycles. The highest BCUT2D eigenvalue weighted by atomic mass is 32.2. The highest BCUT2D eigenvalue weighted by molar-refractivity contribution is 7.91. The number of para-hydroxylation sites is 1. The van der Waals surface area contributed by atoms with E-state index in [0.29, 0.717) is 36.2 Å². The maximum Gasteiger partial charge on any atom is 0.258 e. The second-order valence-corrected chi connectivity index (χ2v) is 10.1. The minimum absolute atomic E-state index is 0.0868. The van der Waals surface area contributed by atoms with Gasteiger partial charge in [0.05, 0.1) is 40.7 Å². The van der Waals surface area contributed by atoms with Crippen LogP contribution in [-0.2, 0) is 22.9 Å². The summed E-state index contributed by atoms with van der Waals surface area (Å²) in [5, 5.41) is 5.21. The predicted molar refractivity (Wildman–Crippen MR) is 112 cm³/mol. The first-order valence-electron chi connectivity index (χ1n) is 9.65. The molecule has 4 rings (SSSR count). The number of nitrogens with one attached hydrogen (secondary N) is 1. The summed E-state index contributed by atoms with van der Waals surface area (Å²) in [5.41, 5.74) is 3.53. The van der Waals surface area contributed by atoms with Crippen molar-refractivity contribution >= 4 is 20.7 Å².